The zero-order valence-corrected chi connectivity index (χ0v) is 20.8. The van der Waals surface area contributed by atoms with E-state index < -0.39 is 17.7 Å². The van der Waals surface area contributed by atoms with E-state index in [9.17, 15) is 14.7 Å². The molecule has 7 heteroatoms. The summed E-state index contributed by atoms with van der Waals surface area (Å²) in [5, 5.41) is 11.5. The van der Waals surface area contributed by atoms with E-state index in [4.69, 9.17) is 4.74 Å². The van der Waals surface area contributed by atoms with Gasteiger partial charge < -0.3 is 14.8 Å². The number of amides is 1. The first-order valence-electron chi connectivity index (χ1n) is 11.7. The van der Waals surface area contributed by atoms with Crippen molar-refractivity contribution in [2.24, 2.45) is 0 Å². The van der Waals surface area contributed by atoms with Gasteiger partial charge in [0, 0.05) is 5.56 Å². The molecule has 1 fully saturated rings. The van der Waals surface area contributed by atoms with Crippen molar-refractivity contribution >= 4 is 34.4 Å². The molecule has 2 N–H and O–H groups in total. The van der Waals surface area contributed by atoms with E-state index in [1.54, 1.807) is 31.4 Å². The number of hydrogen-bond acceptors (Lipinski definition) is 5. The number of carbonyl (C=O) groups is 2. The monoisotopic (exact) mass is 481 g/mol. The lowest BCUT2D eigenvalue weighted by Gasteiger charge is -2.23. The number of fused-ring (bicyclic) bond motifs is 1. The number of carbonyl (C=O) groups excluding carboxylic acids is 2. The summed E-state index contributed by atoms with van der Waals surface area (Å²) in [6, 6.07) is 15.8. The average molecular weight is 482 g/mol. The van der Waals surface area contributed by atoms with Crippen LogP contribution in [0.15, 0.2) is 60.2 Å². The fraction of sp³-hybridized carbons (Fsp3) is 0.207. The molecule has 36 heavy (non-hydrogen) atoms. The lowest BCUT2D eigenvalue weighted by atomic mass is 9.93. The number of hydrogen-bond donors (Lipinski definition) is 2. The van der Waals surface area contributed by atoms with Crippen molar-refractivity contribution < 1.29 is 19.4 Å². The molecular weight excluding hydrogens is 454 g/mol. The third kappa shape index (κ3) is 3.73. The van der Waals surface area contributed by atoms with Crippen LogP contribution in [0.5, 0.6) is 5.75 Å². The predicted octanol–water partition coefficient (Wildman–Crippen LogP) is 5.43. The van der Waals surface area contributed by atoms with Crippen molar-refractivity contribution in [1.82, 2.24) is 9.97 Å². The first kappa shape index (κ1) is 23.4. The second kappa shape index (κ2) is 8.68. The summed E-state index contributed by atoms with van der Waals surface area (Å²) in [7, 11) is 1.55. The standard InChI is InChI=1S/C29H27N3O4/c1-15-9-10-16(2)21(11-15)26(33)24-25(19-7-6-8-20(14-19)36-5)32(28(35)27(24)34)29-30-22-12-17(3)18(4)13-23(22)31-29/h6-14,25,33H,1-5H3,(H,30,31)/b26-24+. The molecule has 1 atom stereocenters. The third-order valence-corrected chi connectivity index (χ3v) is 6.82. The fourth-order valence-corrected chi connectivity index (χ4v) is 4.68. The maximum atomic E-state index is 13.5. The molecule has 0 bridgehead atoms. The molecule has 0 aliphatic carbocycles. The van der Waals surface area contributed by atoms with Crippen LogP contribution in [0.4, 0.5) is 5.95 Å². The number of ketones is 1. The van der Waals surface area contributed by atoms with E-state index >= 15 is 0 Å². The highest BCUT2D eigenvalue weighted by molar-refractivity contribution is 6.51. The van der Waals surface area contributed by atoms with Crippen LogP contribution in [-0.2, 0) is 9.59 Å². The maximum Gasteiger partial charge on any atom is 0.302 e. The van der Waals surface area contributed by atoms with Gasteiger partial charge in [-0.1, -0.05) is 29.8 Å². The SMILES string of the molecule is COc1cccc(C2/C(=C(\O)c3cc(C)ccc3C)C(=O)C(=O)N2c2nc3cc(C)c(C)cc3[nH]2)c1. The smallest absolute Gasteiger partial charge is 0.302 e. The molecule has 5 rings (SSSR count). The van der Waals surface area contributed by atoms with Gasteiger partial charge >= 0.3 is 5.91 Å². The second-order valence-electron chi connectivity index (χ2n) is 9.28. The number of anilines is 1. The second-order valence-corrected chi connectivity index (χ2v) is 9.28. The van der Waals surface area contributed by atoms with Crippen LogP contribution < -0.4 is 9.64 Å². The Labute approximate surface area is 209 Å². The highest BCUT2D eigenvalue weighted by Crippen LogP contribution is 2.43. The number of aliphatic hydroxyl groups excluding tert-OH is 1. The summed E-state index contributed by atoms with van der Waals surface area (Å²) < 4.78 is 5.41. The molecule has 1 amide bonds. The molecule has 1 saturated heterocycles. The number of aromatic amines is 1. The number of Topliss-reactive ketones (excluding diaryl/α,β-unsaturated/α-hetero) is 1. The number of nitrogens with zero attached hydrogens (tertiary/aromatic N) is 2. The van der Waals surface area contributed by atoms with Crippen molar-refractivity contribution in [3.63, 3.8) is 0 Å². The Morgan fingerprint density at radius 3 is 2.47 bits per heavy atom. The van der Waals surface area contributed by atoms with Crippen LogP contribution in [0.25, 0.3) is 16.8 Å². The number of aryl methyl sites for hydroxylation is 4. The number of aliphatic hydroxyl groups is 1. The summed E-state index contributed by atoms with van der Waals surface area (Å²) in [5.41, 5.74) is 6.46. The van der Waals surface area contributed by atoms with Crippen molar-refractivity contribution in [3.05, 3.63) is 93.6 Å². The van der Waals surface area contributed by atoms with Crippen molar-refractivity contribution in [2.45, 2.75) is 33.7 Å². The van der Waals surface area contributed by atoms with Crippen LogP contribution in [0.1, 0.15) is 39.4 Å². The van der Waals surface area contributed by atoms with Gasteiger partial charge in [-0.3, -0.25) is 14.5 Å². The Morgan fingerprint density at radius 2 is 1.72 bits per heavy atom. The first-order chi connectivity index (χ1) is 17.2. The minimum Gasteiger partial charge on any atom is -0.507 e. The summed E-state index contributed by atoms with van der Waals surface area (Å²) in [4.78, 5) is 36.2. The number of rotatable bonds is 4. The number of nitrogens with one attached hydrogen (secondary N) is 1. The van der Waals surface area contributed by atoms with Gasteiger partial charge in [0.05, 0.1) is 29.8 Å². The number of benzene rings is 3. The molecule has 7 nitrogen and oxygen atoms in total. The highest BCUT2D eigenvalue weighted by atomic mass is 16.5. The van der Waals surface area contributed by atoms with Crippen LogP contribution in [0, 0.1) is 27.7 Å². The number of ether oxygens (including phenoxy) is 1. The summed E-state index contributed by atoms with van der Waals surface area (Å²) in [6.07, 6.45) is 0. The normalized spacial score (nSPS) is 17.2. The van der Waals surface area contributed by atoms with Crippen LogP contribution in [0.2, 0.25) is 0 Å². The van der Waals surface area contributed by atoms with Gasteiger partial charge in [-0.15, -0.1) is 0 Å². The van der Waals surface area contributed by atoms with E-state index in [0.29, 0.717) is 22.4 Å². The molecule has 3 aromatic carbocycles. The Bertz CT molecular complexity index is 1540. The van der Waals surface area contributed by atoms with E-state index in [2.05, 4.69) is 9.97 Å². The Balaban J connectivity index is 1.77. The molecular formula is C29H27N3O4. The van der Waals surface area contributed by atoms with Crippen molar-refractivity contribution in [3.8, 4) is 5.75 Å². The van der Waals surface area contributed by atoms with Gasteiger partial charge in [0.1, 0.15) is 11.5 Å². The van der Waals surface area contributed by atoms with Gasteiger partial charge in [-0.05, 0) is 80.3 Å². The topological polar surface area (TPSA) is 95.5 Å². The van der Waals surface area contributed by atoms with E-state index in [1.165, 1.54) is 4.90 Å². The summed E-state index contributed by atoms with van der Waals surface area (Å²) in [5.74, 6) is -0.936. The Hall–Kier alpha value is -4.39. The minimum absolute atomic E-state index is 0.00905. The molecule has 0 saturated carbocycles. The number of aromatic nitrogens is 2. The summed E-state index contributed by atoms with van der Waals surface area (Å²) >= 11 is 0. The first-order valence-corrected chi connectivity index (χ1v) is 11.7. The Kier molecular flexibility index (Phi) is 5.63. The van der Waals surface area contributed by atoms with E-state index in [1.807, 2.05) is 58.0 Å². The maximum absolute atomic E-state index is 13.5. The van der Waals surface area contributed by atoms with Gasteiger partial charge in [0.25, 0.3) is 5.78 Å². The summed E-state index contributed by atoms with van der Waals surface area (Å²) in [6.45, 7) is 7.76. The fourth-order valence-electron chi connectivity index (χ4n) is 4.68. The van der Waals surface area contributed by atoms with Gasteiger partial charge in [-0.25, -0.2) is 4.98 Å². The molecule has 1 aliphatic heterocycles. The average Bonchev–Trinajstić information content (AvgIpc) is 3.38. The zero-order valence-electron chi connectivity index (χ0n) is 20.8. The molecule has 182 valence electrons. The molecule has 0 spiro atoms. The van der Waals surface area contributed by atoms with Crippen molar-refractivity contribution in [1.29, 1.82) is 0 Å². The molecule has 1 aromatic heterocycles. The largest absolute Gasteiger partial charge is 0.507 e. The Morgan fingerprint density at radius 1 is 0.972 bits per heavy atom. The quantitative estimate of drug-likeness (QED) is 0.230. The highest BCUT2D eigenvalue weighted by Gasteiger charge is 2.48. The van der Waals surface area contributed by atoms with Gasteiger partial charge in [0.15, 0.2) is 0 Å². The van der Waals surface area contributed by atoms with Crippen molar-refractivity contribution in [2.75, 3.05) is 12.0 Å². The lowest BCUT2D eigenvalue weighted by Crippen LogP contribution is -2.30. The molecule has 4 aromatic rings. The molecule has 2 heterocycles. The van der Waals surface area contributed by atoms with E-state index in [0.717, 1.165) is 27.8 Å². The number of H-pyrrole nitrogens is 1. The lowest BCUT2D eigenvalue weighted by molar-refractivity contribution is -0.132. The third-order valence-electron chi connectivity index (χ3n) is 6.82. The van der Waals surface area contributed by atoms with Gasteiger partial charge in [0.2, 0.25) is 5.95 Å². The number of methoxy groups -OCH3 is 1. The van der Waals surface area contributed by atoms with Crippen LogP contribution >= 0.6 is 0 Å². The predicted molar refractivity (Wildman–Crippen MR) is 139 cm³/mol. The van der Waals surface area contributed by atoms with Crippen LogP contribution in [0.3, 0.4) is 0 Å². The molecule has 1 unspecified atom stereocenters. The van der Waals surface area contributed by atoms with E-state index in [-0.39, 0.29) is 17.3 Å². The van der Waals surface area contributed by atoms with Crippen LogP contribution in [-0.4, -0.2) is 33.9 Å². The van der Waals surface area contributed by atoms with Gasteiger partial charge in [-0.2, -0.15) is 0 Å². The molecule has 0 radical (unpaired) electrons. The molecule has 1 aliphatic rings. The zero-order chi connectivity index (χ0) is 25.7. The minimum atomic E-state index is -0.900. The number of imidazole rings is 1.